The van der Waals surface area contributed by atoms with Crippen LogP contribution in [0.5, 0.6) is 0 Å². The molecule has 2 aliphatic heterocycles. The fourth-order valence-electron chi connectivity index (χ4n) is 2.37. The predicted molar refractivity (Wildman–Crippen MR) is 54.9 cm³/mol. The van der Waals surface area contributed by atoms with Crippen molar-refractivity contribution in [2.75, 3.05) is 31.6 Å². The molecule has 3 nitrogen and oxygen atoms in total. The minimum absolute atomic E-state index is 0.323. The minimum Gasteiger partial charge on any atom is -0.337 e. The fourth-order valence-corrected chi connectivity index (χ4v) is 2.78. The van der Waals surface area contributed by atoms with Gasteiger partial charge in [0.15, 0.2) is 0 Å². The molecule has 2 fully saturated rings. The highest BCUT2D eigenvalue weighted by molar-refractivity contribution is 7.99. The molecule has 74 valence electrons. The molecule has 4 heteroatoms. The lowest BCUT2D eigenvalue weighted by Gasteiger charge is -2.22. The summed E-state index contributed by atoms with van der Waals surface area (Å²) >= 11 is 1.62. The summed E-state index contributed by atoms with van der Waals surface area (Å²) in [6.45, 7) is 3.09. The molecular formula is C9H16N2OS. The second kappa shape index (κ2) is 3.88. The van der Waals surface area contributed by atoms with E-state index in [0.717, 1.165) is 25.6 Å². The Hall–Kier alpha value is -0.220. The molecule has 2 heterocycles. The second-order valence-electron chi connectivity index (χ2n) is 3.79. The van der Waals surface area contributed by atoms with E-state index in [1.54, 1.807) is 11.8 Å². The summed E-state index contributed by atoms with van der Waals surface area (Å²) in [5, 5.41) is 3.35. The van der Waals surface area contributed by atoms with Crippen molar-refractivity contribution in [1.29, 1.82) is 0 Å². The molecule has 2 rings (SSSR count). The van der Waals surface area contributed by atoms with E-state index >= 15 is 0 Å². The Kier molecular flexibility index (Phi) is 2.79. The van der Waals surface area contributed by atoms with E-state index < -0.39 is 0 Å². The first-order valence-corrected chi connectivity index (χ1v) is 6.21. The van der Waals surface area contributed by atoms with Gasteiger partial charge in [-0.25, -0.2) is 0 Å². The number of carbonyl (C=O) groups is 1. The molecule has 1 amide bonds. The lowest BCUT2D eigenvalue weighted by Crippen LogP contribution is -2.40. The number of thioether (sulfide) groups is 1. The molecule has 13 heavy (non-hydrogen) atoms. The number of hydrogen-bond acceptors (Lipinski definition) is 3. The number of amides is 1. The van der Waals surface area contributed by atoms with Gasteiger partial charge in [-0.15, -0.1) is 0 Å². The van der Waals surface area contributed by atoms with Crippen molar-refractivity contribution in [2.24, 2.45) is 5.92 Å². The minimum atomic E-state index is 0.323. The van der Waals surface area contributed by atoms with E-state index in [9.17, 15) is 4.79 Å². The Labute approximate surface area is 83.2 Å². The van der Waals surface area contributed by atoms with Crippen molar-refractivity contribution < 1.29 is 4.79 Å². The van der Waals surface area contributed by atoms with Crippen LogP contribution in [0.1, 0.15) is 6.42 Å². The Morgan fingerprint density at radius 1 is 1.62 bits per heavy atom. The van der Waals surface area contributed by atoms with E-state index in [0.29, 0.717) is 17.7 Å². The van der Waals surface area contributed by atoms with Gasteiger partial charge in [-0.2, -0.15) is 11.8 Å². The maximum absolute atomic E-state index is 11.7. The highest BCUT2D eigenvalue weighted by Gasteiger charge is 2.39. The third-order valence-corrected chi connectivity index (χ3v) is 3.57. The maximum Gasteiger partial charge on any atom is 0.232 e. The number of rotatable bonds is 2. The summed E-state index contributed by atoms with van der Waals surface area (Å²) in [7, 11) is 0. The first-order valence-electron chi connectivity index (χ1n) is 4.82. The molecule has 2 saturated heterocycles. The van der Waals surface area contributed by atoms with Gasteiger partial charge in [0.05, 0.1) is 5.75 Å². The quantitative estimate of drug-likeness (QED) is 0.689. The first kappa shape index (κ1) is 9.34. The highest BCUT2D eigenvalue weighted by atomic mass is 32.2. The van der Waals surface area contributed by atoms with Crippen LogP contribution in [0, 0.1) is 5.92 Å². The van der Waals surface area contributed by atoms with E-state index in [4.69, 9.17) is 0 Å². The Balaban J connectivity index is 1.96. The van der Waals surface area contributed by atoms with E-state index in [1.807, 2.05) is 6.26 Å². The van der Waals surface area contributed by atoms with Gasteiger partial charge in [-0.1, -0.05) is 0 Å². The Morgan fingerprint density at radius 3 is 3.23 bits per heavy atom. The van der Waals surface area contributed by atoms with Crippen molar-refractivity contribution in [3.05, 3.63) is 0 Å². The van der Waals surface area contributed by atoms with Crippen LogP contribution in [-0.2, 0) is 4.79 Å². The second-order valence-corrected chi connectivity index (χ2v) is 4.66. The largest absolute Gasteiger partial charge is 0.337 e. The molecule has 0 bridgehead atoms. The first-order chi connectivity index (χ1) is 6.33. The van der Waals surface area contributed by atoms with Crippen LogP contribution >= 0.6 is 11.8 Å². The molecule has 0 saturated carbocycles. The number of carbonyl (C=O) groups excluding carboxylic acids is 1. The number of nitrogens with one attached hydrogen (secondary N) is 1. The van der Waals surface area contributed by atoms with Crippen molar-refractivity contribution >= 4 is 17.7 Å². The van der Waals surface area contributed by atoms with Gasteiger partial charge in [0.25, 0.3) is 0 Å². The van der Waals surface area contributed by atoms with Crippen molar-refractivity contribution in [1.82, 2.24) is 10.2 Å². The summed E-state index contributed by atoms with van der Waals surface area (Å²) in [6, 6.07) is 0.500. The van der Waals surface area contributed by atoms with Gasteiger partial charge in [-0.3, -0.25) is 4.79 Å². The van der Waals surface area contributed by atoms with E-state index in [2.05, 4.69) is 10.2 Å². The van der Waals surface area contributed by atoms with Crippen LogP contribution in [0.2, 0.25) is 0 Å². The monoisotopic (exact) mass is 200 g/mol. The molecule has 0 radical (unpaired) electrons. The molecule has 1 N–H and O–H groups in total. The number of likely N-dealkylation sites (tertiary alicyclic amines) is 1. The standard InChI is InChI=1S/C9H16N2OS/c1-13-6-9(12)11-3-2-7-4-10-5-8(7)11/h7-8,10H,2-6H2,1H3/t7-,8+/m0/s1. The number of nitrogens with zero attached hydrogens (tertiary/aromatic N) is 1. The van der Waals surface area contributed by atoms with E-state index in [-0.39, 0.29) is 0 Å². The summed E-state index contributed by atoms with van der Waals surface area (Å²) in [5.41, 5.74) is 0. The molecular weight excluding hydrogens is 184 g/mol. The van der Waals surface area contributed by atoms with Crippen LogP contribution in [0.25, 0.3) is 0 Å². The third-order valence-electron chi connectivity index (χ3n) is 3.03. The van der Waals surface area contributed by atoms with Gasteiger partial charge in [-0.05, 0) is 18.6 Å². The van der Waals surface area contributed by atoms with Crippen molar-refractivity contribution in [3.63, 3.8) is 0 Å². The molecule has 0 aliphatic carbocycles. The van der Waals surface area contributed by atoms with Gasteiger partial charge in [0, 0.05) is 25.7 Å². The maximum atomic E-state index is 11.7. The lowest BCUT2D eigenvalue weighted by atomic mass is 10.1. The summed E-state index contributed by atoms with van der Waals surface area (Å²) in [6.07, 6.45) is 3.18. The number of hydrogen-bond donors (Lipinski definition) is 1. The Morgan fingerprint density at radius 2 is 2.46 bits per heavy atom. The van der Waals surface area contributed by atoms with Crippen LogP contribution in [0.3, 0.4) is 0 Å². The summed E-state index contributed by atoms with van der Waals surface area (Å²) in [5.74, 6) is 1.69. The van der Waals surface area contributed by atoms with Gasteiger partial charge >= 0.3 is 0 Å². The zero-order valence-corrected chi connectivity index (χ0v) is 8.77. The van der Waals surface area contributed by atoms with Gasteiger partial charge in [0.1, 0.15) is 0 Å². The lowest BCUT2D eigenvalue weighted by molar-refractivity contribution is -0.129. The molecule has 2 aliphatic rings. The third kappa shape index (κ3) is 1.70. The van der Waals surface area contributed by atoms with Crippen LogP contribution in [0.15, 0.2) is 0 Å². The highest BCUT2D eigenvalue weighted by Crippen LogP contribution is 2.27. The fraction of sp³-hybridized carbons (Fsp3) is 0.889. The predicted octanol–water partition coefficient (Wildman–Crippen LogP) is 0.170. The average Bonchev–Trinajstić information content (AvgIpc) is 2.62. The zero-order valence-electron chi connectivity index (χ0n) is 7.95. The Bertz CT molecular complexity index is 210. The van der Waals surface area contributed by atoms with Gasteiger partial charge in [0.2, 0.25) is 5.91 Å². The van der Waals surface area contributed by atoms with Crippen molar-refractivity contribution in [2.45, 2.75) is 12.5 Å². The normalized spacial score (nSPS) is 32.2. The van der Waals surface area contributed by atoms with Crippen LogP contribution in [-0.4, -0.2) is 48.5 Å². The van der Waals surface area contributed by atoms with Crippen LogP contribution in [0.4, 0.5) is 0 Å². The smallest absolute Gasteiger partial charge is 0.232 e. The van der Waals surface area contributed by atoms with E-state index in [1.165, 1.54) is 6.42 Å². The van der Waals surface area contributed by atoms with Crippen LogP contribution < -0.4 is 5.32 Å². The van der Waals surface area contributed by atoms with Crippen molar-refractivity contribution in [3.8, 4) is 0 Å². The SMILES string of the molecule is CSCC(=O)N1CC[C@H]2CNC[C@H]21. The average molecular weight is 200 g/mol. The molecule has 0 spiro atoms. The topological polar surface area (TPSA) is 32.3 Å². The summed E-state index contributed by atoms with van der Waals surface area (Å²) < 4.78 is 0. The molecule has 0 aromatic carbocycles. The zero-order chi connectivity index (χ0) is 9.26. The molecule has 0 aromatic heterocycles. The molecule has 0 aromatic rings. The number of fused-ring (bicyclic) bond motifs is 1. The van der Waals surface area contributed by atoms with Gasteiger partial charge < -0.3 is 10.2 Å². The summed E-state index contributed by atoms with van der Waals surface area (Å²) in [4.78, 5) is 13.7. The molecule has 2 atom stereocenters. The molecule has 0 unspecified atom stereocenters.